The molecule has 0 radical (unpaired) electrons. The molecule has 2 aliphatic heterocycles. The van der Waals surface area contributed by atoms with E-state index in [1.54, 1.807) is 23.2 Å². The summed E-state index contributed by atoms with van der Waals surface area (Å²) in [6, 6.07) is 8.44. The maximum atomic E-state index is 16.3. The summed E-state index contributed by atoms with van der Waals surface area (Å²) in [6.45, 7) is 12.9. The van der Waals surface area contributed by atoms with Gasteiger partial charge in [0.25, 0.3) is 0 Å². The Balaban J connectivity index is 1.70. The maximum absolute atomic E-state index is 16.3. The number of benzene rings is 2. The number of ether oxygens (including phenoxy) is 1. The number of carbonyl (C=O) groups excluding carboxylic acids is 1. The van der Waals surface area contributed by atoms with Crippen molar-refractivity contribution in [1.29, 1.82) is 0 Å². The lowest BCUT2D eigenvalue weighted by molar-refractivity contribution is -0.126. The van der Waals surface area contributed by atoms with Gasteiger partial charge in [0.1, 0.15) is 23.8 Å². The van der Waals surface area contributed by atoms with Crippen LogP contribution in [0.15, 0.2) is 54.0 Å². The SMILES string of the molecule is C=CC(=O)N1CCN(c2nc(=O)n(-c3c(C)ccnc3C(C)C)c3c4c(c(F)cc23)-c2c(Cl)cccc2CO4)[C@@H](C)C1. The van der Waals surface area contributed by atoms with Crippen LogP contribution in [0.1, 0.15) is 43.5 Å². The molecule has 2 aliphatic rings. The third kappa shape index (κ3) is 4.34. The van der Waals surface area contributed by atoms with Crippen LogP contribution in [0.2, 0.25) is 5.02 Å². The van der Waals surface area contributed by atoms with Crippen molar-refractivity contribution in [1.82, 2.24) is 19.4 Å². The molecule has 1 atom stereocenters. The van der Waals surface area contributed by atoms with Gasteiger partial charge in [-0.05, 0) is 55.2 Å². The summed E-state index contributed by atoms with van der Waals surface area (Å²) in [5.41, 5.74) is 3.52. The van der Waals surface area contributed by atoms with E-state index >= 15 is 4.39 Å². The lowest BCUT2D eigenvalue weighted by Gasteiger charge is -2.40. The van der Waals surface area contributed by atoms with Gasteiger partial charge in [-0.3, -0.25) is 14.3 Å². The van der Waals surface area contributed by atoms with Crippen molar-refractivity contribution in [2.45, 2.75) is 46.3 Å². The molecule has 216 valence electrons. The van der Waals surface area contributed by atoms with Gasteiger partial charge in [0.05, 0.1) is 16.9 Å². The Morgan fingerprint density at radius 1 is 1.24 bits per heavy atom. The highest BCUT2D eigenvalue weighted by atomic mass is 35.5. The van der Waals surface area contributed by atoms with Gasteiger partial charge in [-0.2, -0.15) is 4.98 Å². The first kappa shape index (κ1) is 27.9. The summed E-state index contributed by atoms with van der Waals surface area (Å²) in [5.74, 6) is -0.124. The first-order chi connectivity index (χ1) is 20.1. The Hall–Kier alpha value is -4.24. The second-order valence-electron chi connectivity index (χ2n) is 11.1. The van der Waals surface area contributed by atoms with Gasteiger partial charge in [-0.1, -0.05) is 44.2 Å². The Kier molecular flexibility index (Phi) is 7.01. The molecule has 0 spiro atoms. The average Bonchev–Trinajstić information content (AvgIpc) is 2.97. The highest BCUT2D eigenvalue weighted by Gasteiger charge is 2.34. The third-order valence-corrected chi connectivity index (χ3v) is 8.41. The fourth-order valence-corrected chi connectivity index (χ4v) is 6.40. The van der Waals surface area contributed by atoms with Crippen LogP contribution in [-0.2, 0) is 11.4 Å². The zero-order chi connectivity index (χ0) is 29.9. The first-order valence-corrected chi connectivity index (χ1v) is 14.3. The van der Waals surface area contributed by atoms with E-state index in [4.69, 9.17) is 16.3 Å². The molecule has 2 aromatic heterocycles. The van der Waals surface area contributed by atoms with Crippen molar-refractivity contribution >= 4 is 34.2 Å². The monoisotopic (exact) mass is 587 g/mol. The first-order valence-electron chi connectivity index (χ1n) is 14.0. The van der Waals surface area contributed by atoms with Gasteiger partial charge in [-0.25, -0.2) is 9.18 Å². The summed E-state index contributed by atoms with van der Waals surface area (Å²) in [6.07, 6.45) is 3.01. The number of carbonyl (C=O) groups is 1. The van der Waals surface area contributed by atoms with Crippen molar-refractivity contribution in [3.63, 3.8) is 0 Å². The Morgan fingerprint density at radius 2 is 2.02 bits per heavy atom. The zero-order valence-corrected chi connectivity index (χ0v) is 24.7. The largest absolute Gasteiger partial charge is 0.486 e. The van der Waals surface area contributed by atoms with Crippen molar-refractivity contribution in [3.8, 4) is 22.6 Å². The normalized spacial score (nSPS) is 16.3. The van der Waals surface area contributed by atoms with E-state index in [0.717, 1.165) is 11.1 Å². The van der Waals surface area contributed by atoms with E-state index < -0.39 is 11.5 Å². The van der Waals surface area contributed by atoms with Crippen molar-refractivity contribution in [3.05, 3.63) is 87.3 Å². The average molecular weight is 588 g/mol. The number of fused-ring (bicyclic) bond motifs is 5. The molecular weight excluding hydrogens is 557 g/mol. The molecule has 0 saturated carbocycles. The molecule has 8 nitrogen and oxygen atoms in total. The smallest absolute Gasteiger partial charge is 0.354 e. The molecule has 0 aliphatic carbocycles. The summed E-state index contributed by atoms with van der Waals surface area (Å²) < 4.78 is 24.1. The van der Waals surface area contributed by atoms with Gasteiger partial charge >= 0.3 is 5.69 Å². The quantitative estimate of drug-likeness (QED) is 0.281. The standard InChI is InChI=1S/C32H31ClFN5O3/c1-6-24(40)37-12-13-38(19(5)15-37)31-21-14-23(34)26-25-20(8-7-9-22(25)33)16-42-30(26)29(21)39(32(41)36-31)28-18(4)10-11-35-27(28)17(2)3/h6-11,14,17,19H,1,12-13,15-16H2,2-5H3/t19-/m0/s1. The van der Waals surface area contributed by atoms with Gasteiger partial charge < -0.3 is 14.5 Å². The summed E-state index contributed by atoms with van der Waals surface area (Å²) in [4.78, 5) is 39.3. The van der Waals surface area contributed by atoms with Gasteiger partial charge in [-0.15, -0.1) is 0 Å². The van der Waals surface area contributed by atoms with Gasteiger partial charge in [0.2, 0.25) is 5.91 Å². The lowest BCUT2D eigenvalue weighted by Crippen LogP contribution is -2.54. The minimum Gasteiger partial charge on any atom is -0.486 e. The molecule has 0 N–H and O–H groups in total. The minimum atomic E-state index is -0.533. The second kappa shape index (κ2) is 10.5. The number of rotatable bonds is 4. The van der Waals surface area contributed by atoms with E-state index in [-0.39, 0.29) is 35.8 Å². The molecule has 1 amide bonds. The van der Waals surface area contributed by atoms with Crippen LogP contribution in [0.5, 0.6) is 5.75 Å². The van der Waals surface area contributed by atoms with E-state index in [1.165, 1.54) is 16.7 Å². The van der Waals surface area contributed by atoms with Crippen LogP contribution in [0.25, 0.3) is 27.7 Å². The number of hydrogen-bond acceptors (Lipinski definition) is 6. The third-order valence-electron chi connectivity index (χ3n) is 8.10. The highest BCUT2D eigenvalue weighted by molar-refractivity contribution is 6.33. The number of amides is 1. The van der Waals surface area contributed by atoms with Gasteiger partial charge in [0.15, 0.2) is 5.75 Å². The molecule has 1 fully saturated rings. The van der Waals surface area contributed by atoms with E-state index in [1.807, 2.05) is 44.7 Å². The van der Waals surface area contributed by atoms with Crippen LogP contribution in [0, 0.1) is 12.7 Å². The minimum absolute atomic E-state index is 0.00983. The topological polar surface area (TPSA) is 80.6 Å². The van der Waals surface area contributed by atoms with Crippen LogP contribution < -0.4 is 15.3 Å². The number of hydrogen-bond donors (Lipinski definition) is 0. The summed E-state index contributed by atoms with van der Waals surface area (Å²) in [5, 5.41) is 0.824. The molecule has 4 heterocycles. The Morgan fingerprint density at radius 3 is 2.74 bits per heavy atom. The second-order valence-corrected chi connectivity index (χ2v) is 11.5. The zero-order valence-electron chi connectivity index (χ0n) is 23.9. The molecular formula is C32H31ClFN5O3. The number of piperazine rings is 1. The van der Waals surface area contributed by atoms with Crippen molar-refractivity contribution in [2.75, 3.05) is 24.5 Å². The number of pyridine rings is 1. The summed E-state index contributed by atoms with van der Waals surface area (Å²) >= 11 is 6.64. The Labute approximate surface area is 248 Å². The lowest BCUT2D eigenvalue weighted by atomic mass is 9.94. The van der Waals surface area contributed by atoms with Crippen molar-refractivity contribution in [2.24, 2.45) is 0 Å². The van der Waals surface area contributed by atoms with Crippen LogP contribution in [0.3, 0.4) is 0 Å². The molecule has 10 heteroatoms. The van der Waals surface area contributed by atoms with Crippen LogP contribution in [-0.4, -0.2) is 51.0 Å². The van der Waals surface area contributed by atoms with E-state index in [0.29, 0.717) is 58.3 Å². The molecule has 42 heavy (non-hydrogen) atoms. The number of anilines is 1. The molecule has 2 aromatic carbocycles. The molecule has 4 aromatic rings. The van der Waals surface area contributed by atoms with E-state index in [9.17, 15) is 9.59 Å². The molecule has 0 unspecified atom stereocenters. The number of aryl methyl sites for hydroxylation is 1. The van der Waals surface area contributed by atoms with E-state index in [2.05, 4.69) is 16.5 Å². The van der Waals surface area contributed by atoms with Crippen molar-refractivity contribution < 1.29 is 13.9 Å². The molecule has 6 rings (SSSR count). The maximum Gasteiger partial charge on any atom is 0.354 e. The fraction of sp³-hybridized carbons (Fsp3) is 0.312. The number of halogens is 2. The number of nitrogens with zero attached hydrogens (tertiary/aromatic N) is 5. The molecule has 1 saturated heterocycles. The van der Waals surface area contributed by atoms with Gasteiger partial charge in [0, 0.05) is 47.8 Å². The number of aromatic nitrogens is 3. The predicted molar refractivity (Wildman–Crippen MR) is 162 cm³/mol. The predicted octanol–water partition coefficient (Wildman–Crippen LogP) is 5.79. The van der Waals surface area contributed by atoms with Crippen LogP contribution >= 0.6 is 11.6 Å². The molecule has 0 bridgehead atoms. The summed E-state index contributed by atoms with van der Waals surface area (Å²) in [7, 11) is 0. The fourth-order valence-electron chi connectivity index (χ4n) is 6.11. The van der Waals surface area contributed by atoms with Crippen LogP contribution in [0.4, 0.5) is 10.2 Å². The highest BCUT2D eigenvalue weighted by Crippen LogP contribution is 2.48. The Bertz CT molecular complexity index is 1840.